The molecule has 0 atom stereocenters. The molecule has 6 nitrogen and oxygen atoms in total. The highest BCUT2D eigenvalue weighted by Gasteiger charge is 2.33. The molecule has 146 valence electrons. The molecule has 0 unspecified atom stereocenters. The van der Waals surface area contributed by atoms with Gasteiger partial charge in [-0.3, -0.25) is 4.79 Å². The Morgan fingerprint density at radius 2 is 1.89 bits per heavy atom. The summed E-state index contributed by atoms with van der Waals surface area (Å²) in [6, 6.07) is 7.32. The van der Waals surface area contributed by atoms with Gasteiger partial charge in [-0.05, 0) is 36.8 Å². The van der Waals surface area contributed by atoms with E-state index < -0.39 is 23.1 Å². The molecule has 0 fully saturated rings. The molecular weight excluding hydrogens is 366 g/mol. The molecule has 1 aliphatic rings. The number of hydrazone groups is 1. The van der Waals surface area contributed by atoms with Crippen LogP contribution in [0.4, 0.5) is 25.0 Å². The Kier molecular flexibility index (Phi) is 5.13. The summed E-state index contributed by atoms with van der Waals surface area (Å²) < 4.78 is 26.9. The standard InChI is InChI=1S/C20H20F2N4O2/c1-11-4-6-13(9-14(11)18-20(2,3)10-17(27)25-26-18)23-19(28)24-16-8-12(21)5-7-15(16)22/h4-9H,10H2,1-3H3,(H,25,27)(H2,23,24,28). The van der Waals surface area contributed by atoms with Crippen molar-refractivity contribution in [3.63, 3.8) is 0 Å². The summed E-state index contributed by atoms with van der Waals surface area (Å²) in [6.07, 6.45) is 0.294. The summed E-state index contributed by atoms with van der Waals surface area (Å²) in [5.41, 5.74) is 4.60. The molecule has 0 bridgehead atoms. The van der Waals surface area contributed by atoms with Crippen molar-refractivity contribution in [2.24, 2.45) is 10.5 Å². The molecule has 8 heteroatoms. The zero-order chi connectivity index (χ0) is 20.5. The molecule has 28 heavy (non-hydrogen) atoms. The third-order valence-corrected chi connectivity index (χ3v) is 4.46. The molecular formula is C20H20F2N4O2. The van der Waals surface area contributed by atoms with E-state index in [0.29, 0.717) is 17.8 Å². The minimum atomic E-state index is -0.741. The zero-order valence-corrected chi connectivity index (χ0v) is 15.7. The van der Waals surface area contributed by atoms with Crippen LogP contribution in [-0.2, 0) is 4.79 Å². The van der Waals surface area contributed by atoms with Gasteiger partial charge in [0, 0.05) is 29.2 Å². The number of urea groups is 1. The number of hydrogen-bond acceptors (Lipinski definition) is 3. The number of nitrogens with one attached hydrogen (secondary N) is 3. The fourth-order valence-corrected chi connectivity index (χ4v) is 3.05. The molecule has 0 saturated carbocycles. The lowest BCUT2D eigenvalue weighted by Gasteiger charge is -2.30. The summed E-state index contributed by atoms with van der Waals surface area (Å²) in [5, 5.41) is 9.08. The average molecular weight is 386 g/mol. The number of carbonyl (C=O) groups is 2. The van der Waals surface area contributed by atoms with Crippen molar-refractivity contribution in [2.45, 2.75) is 27.2 Å². The number of carbonyl (C=O) groups excluding carboxylic acids is 2. The number of halogens is 2. The Bertz CT molecular complexity index is 986. The highest BCUT2D eigenvalue weighted by Crippen LogP contribution is 2.31. The van der Waals surface area contributed by atoms with Crippen LogP contribution in [0.5, 0.6) is 0 Å². The second kappa shape index (κ2) is 7.38. The van der Waals surface area contributed by atoms with Crippen molar-refractivity contribution in [3.05, 3.63) is 59.2 Å². The van der Waals surface area contributed by atoms with Crippen LogP contribution in [0.15, 0.2) is 41.5 Å². The maximum Gasteiger partial charge on any atom is 0.323 e. The second-order valence-corrected chi connectivity index (χ2v) is 7.29. The molecule has 1 heterocycles. The minimum Gasteiger partial charge on any atom is -0.308 e. The van der Waals surface area contributed by atoms with Crippen LogP contribution in [-0.4, -0.2) is 17.6 Å². The van der Waals surface area contributed by atoms with Crippen LogP contribution in [0.25, 0.3) is 0 Å². The van der Waals surface area contributed by atoms with Crippen molar-refractivity contribution in [2.75, 3.05) is 10.6 Å². The highest BCUT2D eigenvalue weighted by molar-refractivity contribution is 6.10. The number of amides is 3. The van der Waals surface area contributed by atoms with Gasteiger partial charge in [0.25, 0.3) is 0 Å². The maximum atomic E-state index is 13.7. The van der Waals surface area contributed by atoms with Gasteiger partial charge in [0.1, 0.15) is 11.6 Å². The largest absolute Gasteiger partial charge is 0.323 e. The number of rotatable bonds is 3. The fourth-order valence-electron chi connectivity index (χ4n) is 3.05. The van der Waals surface area contributed by atoms with Gasteiger partial charge >= 0.3 is 6.03 Å². The summed E-state index contributed by atoms with van der Waals surface area (Å²) in [4.78, 5) is 23.8. The predicted octanol–water partition coefficient (Wildman–Crippen LogP) is 4.17. The van der Waals surface area contributed by atoms with Crippen LogP contribution in [0.2, 0.25) is 0 Å². The number of nitrogens with zero attached hydrogens (tertiary/aromatic N) is 1. The molecule has 2 aromatic rings. The van der Waals surface area contributed by atoms with Gasteiger partial charge in [-0.25, -0.2) is 19.0 Å². The van der Waals surface area contributed by atoms with Gasteiger partial charge in [0.15, 0.2) is 0 Å². The lowest BCUT2D eigenvalue weighted by atomic mass is 9.78. The molecule has 3 rings (SSSR count). The van der Waals surface area contributed by atoms with E-state index in [1.54, 1.807) is 12.1 Å². The van der Waals surface area contributed by atoms with E-state index >= 15 is 0 Å². The lowest BCUT2D eigenvalue weighted by Crippen LogP contribution is -2.39. The summed E-state index contributed by atoms with van der Waals surface area (Å²) in [5.74, 6) is -1.55. The number of anilines is 2. The van der Waals surface area contributed by atoms with Crippen LogP contribution >= 0.6 is 0 Å². The SMILES string of the molecule is Cc1ccc(NC(=O)Nc2cc(F)ccc2F)cc1C1=NNC(=O)CC1(C)C. The van der Waals surface area contributed by atoms with E-state index in [-0.39, 0.29) is 11.6 Å². The molecule has 0 aromatic heterocycles. The fraction of sp³-hybridized carbons (Fsp3) is 0.250. The van der Waals surface area contributed by atoms with Crippen molar-refractivity contribution in [1.29, 1.82) is 0 Å². The molecule has 0 radical (unpaired) electrons. The van der Waals surface area contributed by atoms with Crippen LogP contribution < -0.4 is 16.1 Å². The number of aryl methyl sites for hydroxylation is 1. The van der Waals surface area contributed by atoms with Gasteiger partial charge in [-0.2, -0.15) is 5.10 Å². The Hall–Kier alpha value is -3.29. The van der Waals surface area contributed by atoms with Gasteiger partial charge in [0.05, 0.1) is 11.4 Å². The molecule has 3 N–H and O–H groups in total. The Morgan fingerprint density at radius 3 is 2.61 bits per heavy atom. The average Bonchev–Trinajstić information content (AvgIpc) is 2.59. The quantitative estimate of drug-likeness (QED) is 0.740. The molecule has 2 aromatic carbocycles. The monoisotopic (exact) mass is 386 g/mol. The number of benzene rings is 2. The topological polar surface area (TPSA) is 82.6 Å². The summed E-state index contributed by atoms with van der Waals surface area (Å²) in [6.45, 7) is 5.74. The minimum absolute atomic E-state index is 0.155. The summed E-state index contributed by atoms with van der Waals surface area (Å²) in [7, 11) is 0. The maximum absolute atomic E-state index is 13.7. The first-order chi connectivity index (χ1) is 13.2. The van der Waals surface area contributed by atoms with Gasteiger partial charge in [-0.15, -0.1) is 0 Å². The van der Waals surface area contributed by atoms with Crippen molar-refractivity contribution in [1.82, 2.24) is 5.43 Å². The van der Waals surface area contributed by atoms with E-state index in [2.05, 4.69) is 21.2 Å². The molecule has 3 amide bonds. The van der Waals surface area contributed by atoms with Crippen molar-refractivity contribution >= 4 is 29.0 Å². The van der Waals surface area contributed by atoms with Crippen LogP contribution in [0.3, 0.4) is 0 Å². The Labute approximate surface area is 161 Å². The van der Waals surface area contributed by atoms with Crippen LogP contribution in [0, 0.1) is 24.0 Å². The molecule has 0 spiro atoms. The normalized spacial score (nSPS) is 15.5. The van der Waals surface area contributed by atoms with E-state index in [9.17, 15) is 18.4 Å². The molecule has 0 saturated heterocycles. The lowest BCUT2D eigenvalue weighted by molar-refractivity contribution is -0.122. The Balaban J connectivity index is 1.83. The predicted molar refractivity (Wildman–Crippen MR) is 103 cm³/mol. The van der Waals surface area contributed by atoms with E-state index in [4.69, 9.17) is 0 Å². The number of hydrogen-bond donors (Lipinski definition) is 3. The van der Waals surface area contributed by atoms with E-state index in [0.717, 1.165) is 29.3 Å². The van der Waals surface area contributed by atoms with Gasteiger partial charge < -0.3 is 10.6 Å². The van der Waals surface area contributed by atoms with Gasteiger partial charge in [0.2, 0.25) is 5.91 Å². The molecule has 1 aliphatic heterocycles. The van der Waals surface area contributed by atoms with Crippen LogP contribution in [0.1, 0.15) is 31.4 Å². The smallest absolute Gasteiger partial charge is 0.308 e. The van der Waals surface area contributed by atoms with Gasteiger partial charge in [-0.1, -0.05) is 19.9 Å². The highest BCUT2D eigenvalue weighted by atomic mass is 19.1. The van der Waals surface area contributed by atoms with Crippen molar-refractivity contribution in [3.8, 4) is 0 Å². The first-order valence-corrected chi connectivity index (χ1v) is 8.67. The summed E-state index contributed by atoms with van der Waals surface area (Å²) >= 11 is 0. The first kappa shape index (κ1) is 19.5. The third kappa shape index (κ3) is 4.16. The molecule has 0 aliphatic carbocycles. The van der Waals surface area contributed by atoms with Crippen molar-refractivity contribution < 1.29 is 18.4 Å². The second-order valence-electron chi connectivity index (χ2n) is 7.29. The van der Waals surface area contributed by atoms with E-state index in [1.165, 1.54) is 0 Å². The zero-order valence-electron chi connectivity index (χ0n) is 15.7. The first-order valence-electron chi connectivity index (χ1n) is 8.67. The Morgan fingerprint density at radius 1 is 1.14 bits per heavy atom. The third-order valence-electron chi connectivity index (χ3n) is 4.46. The van der Waals surface area contributed by atoms with E-state index in [1.807, 2.05) is 26.8 Å².